The summed E-state index contributed by atoms with van der Waals surface area (Å²) in [4.78, 5) is 9.98. The second-order valence-corrected chi connectivity index (χ2v) is 6.52. The number of ether oxygens (including phenoxy) is 1. The maximum absolute atomic E-state index is 12.3. The number of fused-ring (bicyclic) bond motifs is 1. The van der Waals surface area contributed by atoms with Crippen molar-refractivity contribution < 1.29 is 18.1 Å². The first-order valence-electron chi connectivity index (χ1n) is 6.42. The highest BCUT2D eigenvalue weighted by Crippen LogP contribution is 2.25. The Morgan fingerprint density at radius 1 is 1.05 bits per heavy atom. The first-order valence-corrected chi connectivity index (χ1v) is 7.91. The summed E-state index contributed by atoms with van der Waals surface area (Å²) in [7, 11) is -3.79. The molecule has 0 saturated heterocycles. The van der Waals surface area contributed by atoms with E-state index < -0.39 is 14.9 Å². The van der Waals surface area contributed by atoms with Gasteiger partial charge in [0, 0.05) is 17.8 Å². The summed E-state index contributed by atoms with van der Waals surface area (Å²) in [6.45, 7) is 0.993. The monoisotopic (exact) mass is 320 g/mol. The lowest BCUT2D eigenvalue weighted by molar-refractivity contribution is -0.384. The molecule has 0 aromatic heterocycles. The fourth-order valence-corrected chi connectivity index (χ4v) is 3.25. The number of non-ortho nitro benzene ring substituents is 1. The van der Waals surface area contributed by atoms with Crippen molar-refractivity contribution in [2.75, 3.05) is 4.72 Å². The number of hydrogen-bond acceptors (Lipinski definition) is 5. The molecule has 2 aromatic rings. The van der Waals surface area contributed by atoms with Gasteiger partial charge in [0.05, 0.1) is 23.0 Å². The highest BCUT2D eigenvalue weighted by atomic mass is 32.2. The van der Waals surface area contributed by atoms with Crippen molar-refractivity contribution in [2.24, 2.45) is 0 Å². The Balaban J connectivity index is 1.85. The molecule has 0 saturated carbocycles. The van der Waals surface area contributed by atoms with Gasteiger partial charge in [0.2, 0.25) is 0 Å². The molecule has 1 heterocycles. The largest absolute Gasteiger partial charge is 0.372 e. The third kappa shape index (κ3) is 2.78. The molecule has 1 N–H and O–H groups in total. The Hall–Kier alpha value is -2.45. The van der Waals surface area contributed by atoms with Crippen LogP contribution in [-0.2, 0) is 28.0 Å². The third-order valence-corrected chi connectivity index (χ3v) is 4.73. The number of nitrogens with one attached hydrogen (secondary N) is 1. The molecular weight excluding hydrogens is 308 g/mol. The maximum atomic E-state index is 12.3. The van der Waals surface area contributed by atoms with Crippen LogP contribution in [0.4, 0.5) is 11.4 Å². The molecule has 8 heteroatoms. The zero-order valence-corrected chi connectivity index (χ0v) is 12.2. The van der Waals surface area contributed by atoms with Crippen molar-refractivity contribution in [1.29, 1.82) is 0 Å². The van der Waals surface area contributed by atoms with Crippen LogP contribution in [0.5, 0.6) is 0 Å². The van der Waals surface area contributed by atoms with Crippen LogP contribution in [-0.4, -0.2) is 13.3 Å². The van der Waals surface area contributed by atoms with Gasteiger partial charge < -0.3 is 4.74 Å². The van der Waals surface area contributed by atoms with Gasteiger partial charge in [-0.25, -0.2) is 8.42 Å². The van der Waals surface area contributed by atoms with E-state index in [1.807, 2.05) is 6.07 Å². The molecule has 114 valence electrons. The first kappa shape index (κ1) is 14.5. The molecular formula is C14H12N2O5S. The number of rotatable bonds is 4. The Bertz CT molecular complexity index is 831. The quantitative estimate of drug-likeness (QED) is 0.689. The van der Waals surface area contributed by atoms with E-state index in [1.165, 1.54) is 12.1 Å². The smallest absolute Gasteiger partial charge is 0.269 e. The van der Waals surface area contributed by atoms with E-state index in [-0.39, 0.29) is 10.6 Å². The molecule has 1 aliphatic rings. The molecule has 0 bridgehead atoms. The minimum absolute atomic E-state index is 0.0325. The van der Waals surface area contributed by atoms with E-state index in [9.17, 15) is 18.5 Å². The van der Waals surface area contributed by atoms with Crippen LogP contribution in [0.3, 0.4) is 0 Å². The normalized spacial score (nSPS) is 13.6. The summed E-state index contributed by atoms with van der Waals surface area (Å²) in [5, 5.41) is 10.6. The van der Waals surface area contributed by atoms with Gasteiger partial charge in [0.25, 0.3) is 15.7 Å². The summed E-state index contributed by atoms with van der Waals surface area (Å²) >= 11 is 0. The van der Waals surface area contributed by atoms with Crippen molar-refractivity contribution in [1.82, 2.24) is 0 Å². The van der Waals surface area contributed by atoms with Gasteiger partial charge in [-0.1, -0.05) is 6.07 Å². The Morgan fingerprint density at radius 2 is 1.73 bits per heavy atom. The maximum Gasteiger partial charge on any atom is 0.269 e. The van der Waals surface area contributed by atoms with E-state index in [1.54, 1.807) is 12.1 Å². The zero-order valence-electron chi connectivity index (χ0n) is 11.4. The summed E-state index contributed by atoms with van der Waals surface area (Å²) in [6.07, 6.45) is 0. The topological polar surface area (TPSA) is 98.5 Å². The molecule has 22 heavy (non-hydrogen) atoms. The zero-order chi connectivity index (χ0) is 15.7. The average Bonchev–Trinajstić information content (AvgIpc) is 2.94. The molecule has 0 radical (unpaired) electrons. The molecule has 0 fully saturated rings. The summed E-state index contributed by atoms with van der Waals surface area (Å²) < 4.78 is 32.3. The van der Waals surface area contributed by atoms with Crippen LogP contribution < -0.4 is 4.72 Å². The van der Waals surface area contributed by atoms with Gasteiger partial charge in [-0.05, 0) is 35.4 Å². The highest BCUT2D eigenvalue weighted by Gasteiger charge is 2.18. The van der Waals surface area contributed by atoms with Gasteiger partial charge in [0.15, 0.2) is 0 Å². The number of anilines is 1. The van der Waals surface area contributed by atoms with Crippen molar-refractivity contribution in [3.05, 3.63) is 63.7 Å². The summed E-state index contributed by atoms with van der Waals surface area (Å²) in [6, 6.07) is 9.93. The fraction of sp³-hybridized carbons (Fsp3) is 0.143. The van der Waals surface area contributed by atoms with Crippen molar-refractivity contribution in [2.45, 2.75) is 18.1 Å². The number of benzene rings is 2. The van der Waals surface area contributed by atoms with Crippen molar-refractivity contribution in [3.63, 3.8) is 0 Å². The van der Waals surface area contributed by atoms with Gasteiger partial charge >= 0.3 is 0 Å². The van der Waals surface area contributed by atoms with E-state index in [2.05, 4.69) is 4.72 Å². The number of sulfonamides is 1. The Labute approximate surface area is 126 Å². The third-order valence-electron chi connectivity index (χ3n) is 3.33. The molecule has 3 rings (SSSR count). The second kappa shape index (κ2) is 5.39. The van der Waals surface area contributed by atoms with E-state index >= 15 is 0 Å². The SMILES string of the molecule is O=[N+]([O-])c1ccc(S(=O)(=O)Nc2ccc3c(c2)COC3)cc1. The lowest BCUT2D eigenvalue weighted by Crippen LogP contribution is -2.13. The lowest BCUT2D eigenvalue weighted by Gasteiger charge is -2.09. The van der Waals surface area contributed by atoms with Crippen molar-refractivity contribution >= 4 is 21.4 Å². The predicted octanol–water partition coefficient (Wildman–Crippen LogP) is 2.43. The van der Waals surface area contributed by atoms with Gasteiger partial charge in [-0.15, -0.1) is 0 Å². The van der Waals surface area contributed by atoms with Crippen LogP contribution in [0.15, 0.2) is 47.4 Å². The lowest BCUT2D eigenvalue weighted by atomic mass is 10.1. The highest BCUT2D eigenvalue weighted by molar-refractivity contribution is 7.92. The molecule has 7 nitrogen and oxygen atoms in total. The van der Waals surface area contributed by atoms with Crippen LogP contribution in [0, 0.1) is 10.1 Å². The number of nitro groups is 1. The minimum atomic E-state index is -3.79. The van der Waals surface area contributed by atoms with Gasteiger partial charge in [-0.3, -0.25) is 14.8 Å². The summed E-state index contributed by atoms with van der Waals surface area (Å²) in [5.74, 6) is 0. The van der Waals surface area contributed by atoms with E-state index in [0.29, 0.717) is 18.9 Å². The molecule has 0 spiro atoms. The van der Waals surface area contributed by atoms with E-state index in [0.717, 1.165) is 23.3 Å². The molecule has 0 amide bonds. The molecule has 0 unspecified atom stereocenters. The second-order valence-electron chi connectivity index (χ2n) is 4.83. The number of hydrogen-bond donors (Lipinski definition) is 1. The first-order chi connectivity index (χ1) is 10.5. The molecule has 0 atom stereocenters. The molecule has 1 aliphatic heterocycles. The van der Waals surface area contributed by atoms with Crippen molar-refractivity contribution in [3.8, 4) is 0 Å². The van der Waals surface area contributed by atoms with Crippen LogP contribution in [0.25, 0.3) is 0 Å². The fourth-order valence-electron chi connectivity index (χ4n) is 2.20. The van der Waals surface area contributed by atoms with Crippen LogP contribution >= 0.6 is 0 Å². The standard InChI is InChI=1S/C14H12N2O5S/c17-16(18)13-3-5-14(6-4-13)22(19,20)15-12-2-1-10-8-21-9-11(10)7-12/h1-7,15H,8-9H2. The Morgan fingerprint density at radius 3 is 2.41 bits per heavy atom. The Kier molecular flexibility index (Phi) is 3.55. The van der Waals surface area contributed by atoms with Gasteiger partial charge in [-0.2, -0.15) is 0 Å². The predicted molar refractivity (Wildman–Crippen MR) is 78.8 cm³/mol. The number of nitro benzene ring substituents is 1. The summed E-state index contributed by atoms with van der Waals surface area (Å²) in [5.41, 5.74) is 2.26. The number of nitrogens with zero attached hydrogens (tertiary/aromatic N) is 1. The minimum Gasteiger partial charge on any atom is -0.372 e. The molecule has 0 aliphatic carbocycles. The average molecular weight is 320 g/mol. The van der Waals surface area contributed by atoms with Crippen LogP contribution in [0.2, 0.25) is 0 Å². The van der Waals surface area contributed by atoms with E-state index in [4.69, 9.17) is 4.74 Å². The van der Waals surface area contributed by atoms with Crippen LogP contribution in [0.1, 0.15) is 11.1 Å². The van der Waals surface area contributed by atoms with Gasteiger partial charge in [0.1, 0.15) is 0 Å². The molecule has 2 aromatic carbocycles.